The number of nitrogens with one attached hydrogen (secondary N) is 1. The summed E-state index contributed by atoms with van der Waals surface area (Å²) in [6.45, 7) is 5.93. The predicted octanol–water partition coefficient (Wildman–Crippen LogP) is 5.64. The summed E-state index contributed by atoms with van der Waals surface area (Å²) in [5.74, 6) is 0.680. The molecule has 4 aromatic rings. The standard InChI is InChI=1S/C24H22ClN5OS/c1-15-11-17(3)22(19(25)12-15)27-21(31)14-32-24-29-28-23(18-8-6-10-26-13-18)30(24)20-9-5-4-7-16(20)2/h4-13H,14H2,1-3H3,(H,27,31). The van der Waals surface area contributed by atoms with Crippen LogP contribution >= 0.6 is 23.4 Å². The molecule has 4 rings (SSSR count). The second-order valence-corrected chi connectivity index (χ2v) is 8.79. The number of pyridine rings is 1. The first-order valence-electron chi connectivity index (χ1n) is 10.0. The molecule has 162 valence electrons. The number of anilines is 1. The van der Waals surface area contributed by atoms with Gasteiger partial charge in [0.2, 0.25) is 5.91 Å². The van der Waals surface area contributed by atoms with Crippen molar-refractivity contribution in [3.8, 4) is 17.1 Å². The van der Waals surface area contributed by atoms with Crippen LogP contribution in [0.15, 0.2) is 66.1 Å². The van der Waals surface area contributed by atoms with E-state index in [0.29, 0.717) is 21.7 Å². The molecule has 0 aliphatic rings. The van der Waals surface area contributed by atoms with E-state index >= 15 is 0 Å². The van der Waals surface area contributed by atoms with Crippen molar-refractivity contribution in [1.82, 2.24) is 19.7 Å². The summed E-state index contributed by atoms with van der Waals surface area (Å²) in [4.78, 5) is 16.9. The number of hydrogen-bond acceptors (Lipinski definition) is 5. The number of nitrogens with zero attached hydrogens (tertiary/aromatic N) is 4. The van der Waals surface area contributed by atoms with E-state index in [9.17, 15) is 4.79 Å². The summed E-state index contributed by atoms with van der Waals surface area (Å²) in [6.07, 6.45) is 3.47. The van der Waals surface area contributed by atoms with E-state index in [1.165, 1.54) is 11.8 Å². The van der Waals surface area contributed by atoms with Crippen molar-refractivity contribution in [3.05, 3.63) is 82.6 Å². The Hall–Kier alpha value is -3.16. The molecule has 0 radical (unpaired) electrons. The molecule has 0 saturated heterocycles. The molecule has 32 heavy (non-hydrogen) atoms. The van der Waals surface area contributed by atoms with E-state index in [2.05, 4.69) is 20.5 Å². The third kappa shape index (κ3) is 4.69. The lowest BCUT2D eigenvalue weighted by Gasteiger charge is -2.13. The van der Waals surface area contributed by atoms with Gasteiger partial charge in [-0.1, -0.05) is 47.6 Å². The summed E-state index contributed by atoms with van der Waals surface area (Å²) in [5.41, 5.74) is 5.49. The fraction of sp³-hybridized carbons (Fsp3) is 0.167. The number of para-hydroxylation sites is 1. The van der Waals surface area contributed by atoms with E-state index in [4.69, 9.17) is 11.6 Å². The lowest BCUT2D eigenvalue weighted by Crippen LogP contribution is -2.16. The zero-order valence-corrected chi connectivity index (χ0v) is 19.5. The molecule has 0 saturated carbocycles. The molecule has 0 aliphatic heterocycles. The average molecular weight is 464 g/mol. The van der Waals surface area contributed by atoms with E-state index in [0.717, 1.165) is 27.9 Å². The number of aryl methyl sites for hydroxylation is 3. The number of hydrogen-bond donors (Lipinski definition) is 1. The molecule has 8 heteroatoms. The molecule has 0 spiro atoms. The van der Waals surface area contributed by atoms with E-state index < -0.39 is 0 Å². The number of carbonyl (C=O) groups is 1. The summed E-state index contributed by atoms with van der Waals surface area (Å²) >= 11 is 7.66. The molecular weight excluding hydrogens is 442 g/mol. The molecule has 0 bridgehead atoms. The molecule has 1 N–H and O–H groups in total. The van der Waals surface area contributed by atoms with E-state index in [1.54, 1.807) is 12.4 Å². The zero-order chi connectivity index (χ0) is 22.7. The number of rotatable bonds is 6. The van der Waals surface area contributed by atoms with Crippen LogP contribution in [0.1, 0.15) is 16.7 Å². The van der Waals surface area contributed by atoms with Crippen LogP contribution in [0.25, 0.3) is 17.1 Å². The Balaban J connectivity index is 1.61. The highest BCUT2D eigenvalue weighted by molar-refractivity contribution is 7.99. The number of amides is 1. The Bertz CT molecular complexity index is 1250. The lowest BCUT2D eigenvalue weighted by atomic mass is 10.1. The first kappa shape index (κ1) is 22.0. The lowest BCUT2D eigenvalue weighted by molar-refractivity contribution is -0.113. The molecule has 6 nitrogen and oxygen atoms in total. The molecule has 2 heterocycles. The second-order valence-electron chi connectivity index (χ2n) is 7.45. The van der Waals surface area contributed by atoms with Crippen LogP contribution in [0, 0.1) is 20.8 Å². The Labute approximate surface area is 196 Å². The van der Waals surface area contributed by atoms with Crippen molar-refractivity contribution in [2.45, 2.75) is 25.9 Å². The van der Waals surface area contributed by atoms with Gasteiger partial charge >= 0.3 is 0 Å². The van der Waals surface area contributed by atoms with Crippen LogP contribution in [-0.4, -0.2) is 31.4 Å². The molecular formula is C24H22ClN5OS. The summed E-state index contributed by atoms with van der Waals surface area (Å²) < 4.78 is 1.97. The average Bonchev–Trinajstić information content (AvgIpc) is 3.19. The van der Waals surface area contributed by atoms with Gasteiger partial charge in [0.05, 0.1) is 22.2 Å². The minimum Gasteiger partial charge on any atom is -0.324 e. The number of halogens is 1. The highest BCUT2D eigenvalue weighted by atomic mass is 35.5. The number of thioether (sulfide) groups is 1. The largest absolute Gasteiger partial charge is 0.324 e. The quantitative estimate of drug-likeness (QED) is 0.374. The summed E-state index contributed by atoms with van der Waals surface area (Å²) in [7, 11) is 0. The van der Waals surface area contributed by atoms with Crippen LogP contribution in [0.5, 0.6) is 0 Å². The topological polar surface area (TPSA) is 72.7 Å². The maximum Gasteiger partial charge on any atom is 0.234 e. The van der Waals surface area contributed by atoms with Crippen LogP contribution in [0.3, 0.4) is 0 Å². The van der Waals surface area contributed by atoms with Crippen molar-refractivity contribution in [3.63, 3.8) is 0 Å². The molecule has 0 atom stereocenters. The van der Waals surface area contributed by atoms with Gasteiger partial charge in [-0.2, -0.15) is 0 Å². The first-order valence-corrected chi connectivity index (χ1v) is 11.4. The Kier molecular flexibility index (Phi) is 6.58. The van der Waals surface area contributed by atoms with Gasteiger partial charge in [0, 0.05) is 18.0 Å². The predicted molar refractivity (Wildman–Crippen MR) is 130 cm³/mol. The normalized spacial score (nSPS) is 10.9. The first-order chi connectivity index (χ1) is 15.4. The zero-order valence-electron chi connectivity index (χ0n) is 18.0. The molecule has 0 aliphatic carbocycles. The molecule has 2 aromatic carbocycles. The smallest absolute Gasteiger partial charge is 0.234 e. The fourth-order valence-corrected chi connectivity index (χ4v) is 4.57. The molecule has 2 aromatic heterocycles. The monoisotopic (exact) mass is 463 g/mol. The van der Waals surface area contributed by atoms with Crippen molar-refractivity contribution in [1.29, 1.82) is 0 Å². The highest BCUT2D eigenvalue weighted by Gasteiger charge is 2.19. The number of benzene rings is 2. The maximum absolute atomic E-state index is 12.7. The second kappa shape index (κ2) is 9.54. The number of aromatic nitrogens is 4. The van der Waals surface area contributed by atoms with Crippen LogP contribution in [0.2, 0.25) is 5.02 Å². The van der Waals surface area contributed by atoms with Crippen LogP contribution < -0.4 is 5.32 Å². The van der Waals surface area contributed by atoms with E-state index in [1.807, 2.05) is 73.9 Å². The van der Waals surface area contributed by atoms with Crippen molar-refractivity contribution in [2.75, 3.05) is 11.1 Å². The van der Waals surface area contributed by atoms with Gasteiger partial charge < -0.3 is 5.32 Å². The van der Waals surface area contributed by atoms with Crippen molar-refractivity contribution < 1.29 is 4.79 Å². The third-order valence-electron chi connectivity index (χ3n) is 4.94. The Morgan fingerprint density at radius 2 is 1.88 bits per heavy atom. The van der Waals surface area contributed by atoms with Crippen molar-refractivity contribution >= 4 is 35.0 Å². The van der Waals surface area contributed by atoms with Gasteiger partial charge in [-0.25, -0.2) is 0 Å². The summed E-state index contributed by atoms with van der Waals surface area (Å²) in [6, 6.07) is 15.6. The van der Waals surface area contributed by atoms with Crippen LogP contribution in [0.4, 0.5) is 5.69 Å². The van der Waals surface area contributed by atoms with Crippen molar-refractivity contribution in [2.24, 2.45) is 0 Å². The minimum absolute atomic E-state index is 0.161. The van der Waals surface area contributed by atoms with Crippen LogP contribution in [-0.2, 0) is 4.79 Å². The van der Waals surface area contributed by atoms with E-state index in [-0.39, 0.29) is 11.7 Å². The third-order valence-corrected chi connectivity index (χ3v) is 6.17. The molecule has 0 unspecified atom stereocenters. The van der Waals surface area contributed by atoms with Gasteiger partial charge in [0.25, 0.3) is 0 Å². The number of carbonyl (C=O) groups excluding carboxylic acids is 1. The van der Waals surface area contributed by atoms with Gasteiger partial charge in [0.15, 0.2) is 11.0 Å². The molecule has 1 amide bonds. The fourth-order valence-electron chi connectivity index (χ4n) is 3.46. The molecule has 0 fully saturated rings. The van der Waals surface area contributed by atoms with Gasteiger partial charge in [-0.15, -0.1) is 10.2 Å². The minimum atomic E-state index is -0.161. The Morgan fingerprint density at radius 3 is 2.59 bits per heavy atom. The summed E-state index contributed by atoms with van der Waals surface area (Å²) in [5, 5.41) is 12.9. The van der Waals surface area contributed by atoms with Gasteiger partial charge in [-0.3, -0.25) is 14.3 Å². The van der Waals surface area contributed by atoms with Gasteiger partial charge in [-0.05, 0) is 61.7 Å². The highest BCUT2D eigenvalue weighted by Crippen LogP contribution is 2.30. The Morgan fingerprint density at radius 1 is 1.06 bits per heavy atom. The maximum atomic E-state index is 12.7. The van der Waals surface area contributed by atoms with Gasteiger partial charge in [0.1, 0.15) is 0 Å². The SMILES string of the molecule is Cc1cc(C)c(NC(=O)CSc2nnc(-c3cccnc3)n2-c2ccccc2C)c(Cl)c1.